The van der Waals surface area contributed by atoms with Crippen LogP contribution in [0.25, 0.3) is 0 Å². The summed E-state index contributed by atoms with van der Waals surface area (Å²) in [5.41, 5.74) is -0.888. The summed E-state index contributed by atoms with van der Waals surface area (Å²) in [6, 6.07) is 12.0. The Bertz CT molecular complexity index is 1320. The highest BCUT2D eigenvalue weighted by atomic mass is 35.5. The Labute approximate surface area is 181 Å². The van der Waals surface area contributed by atoms with Gasteiger partial charge >= 0.3 is 0 Å². The van der Waals surface area contributed by atoms with Gasteiger partial charge in [0, 0.05) is 12.3 Å². The summed E-state index contributed by atoms with van der Waals surface area (Å²) in [5.74, 6) is 0. The molecule has 0 aliphatic carbocycles. The number of hydrogen-bond acceptors (Lipinski definition) is 7. The van der Waals surface area contributed by atoms with Crippen molar-refractivity contribution in [2.24, 2.45) is 0 Å². The number of hydrogen-bond donors (Lipinski definition) is 0. The average Bonchev–Trinajstić information content (AvgIpc) is 2.68. The van der Waals surface area contributed by atoms with Crippen molar-refractivity contribution in [3.05, 3.63) is 87.2 Å². The van der Waals surface area contributed by atoms with E-state index in [4.69, 9.17) is 23.2 Å². The molecule has 0 aliphatic heterocycles. The van der Waals surface area contributed by atoms with Gasteiger partial charge in [0.1, 0.15) is 15.1 Å². The quantitative estimate of drug-likeness (QED) is 0.293. The minimum absolute atomic E-state index is 0.0106. The molecule has 9 nitrogen and oxygen atoms in total. The number of halogens is 2. The van der Waals surface area contributed by atoms with Gasteiger partial charge in [0.15, 0.2) is 0 Å². The van der Waals surface area contributed by atoms with E-state index >= 15 is 0 Å². The summed E-state index contributed by atoms with van der Waals surface area (Å²) in [5, 5.41) is 10.9. The number of sulfonamides is 2. The first-order valence-corrected chi connectivity index (χ1v) is 11.6. The van der Waals surface area contributed by atoms with Crippen LogP contribution in [0.2, 0.25) is 10.2 Å². The van der Waals surface area contributed by atoms with Crippen LogP contribution in [0, 0.1) is 10.1 Å². The molecule has 0 fully saturated rings. The van der Waals surface area contributed by atoms with Crippen LogP contribution in [0.3, 0.4) is 0 Å². The van der Waals surface area contributed by atoms with Crippen LogP contribution in [0.1, 0.15) is 0 Å². The summed E-state index contributed by atoms with van der Waals surface area (Å²) in [6.07, 6.45) is 0.910. The molecule has 30 heavy (non-hydrogen) atoms. The first-order chi connectivity index (χ1) is 14.0. The highest BCUT2D eigenvalue weighted by molar-refractivity contribution is 8.10. The normalized spacial score (nSPS) is 11.8. The predicted octanol–water partition coefficient (Wildman–Crippen LogP) is 3.88. The van der Waals surface area contributed by atoms with Gasteiger partial charge in [-0.25, -0.2) is 13.4 Å². The maximum atomic E-state index is 13.3. The molecule has 0 atom stereocenters. The van der Waals surface area contributed by atoms with E-state index in [1.165, 1.54) is 30.3 Å². The van der Waals surface area contributed by atoms with Gasteiger partial charge in [-0.05, 0) is 36.4 Å². The molecule has 0 unspecified atom stereocenters. The van der Waals surface area contributed by atoms with Gasteiger partial charge in [-0.15, -0.1) is 0 Å². The van der Waals surface area contributed by atoms with E-state index in [2.05, 4.69) is 4.98 Å². The molecule has 0 radical (unpaired) electrons. The van der Waals surface area contributed by atoms with Crippen molar-refractivity contribution in [3.8, 4) is 0 Å². The molecule has 0 N–H and O–H groups in total. The fraction of sp³-hybridized carbons (Fsp3) is 0. The van der Waals surface area contributed by atoms with Crippen molar-refractivity contribution < 1.29 is 21.8 Å². The van der Waals surface area contributed by atoms with E-state index in [0.717, 1.165) is 24.4 Å². The van der Waals surface area contributed by atoms with Crippen LogP contribution in [0.15, 0.2) is 76.7 Å². The lowest BCUT2D eigenvalue weighted by molar-refractivity contribution is -0.384. The van der Waals surface area contributed by atoms with Gasteiger partial charge in [0.2, 0.25) is 0 Å². The zero-order valence-electron chi connectivity index (χ0n) is 14.7. The molecule has 0 aliphatic rings. The number of pyridine rings is 1. The van der Waals surface area contributed by atoms with Crippen molar-refractivity contribution >= 4 is 54.6 Å². The fourth-order valence-corrected chi connectivity index (χ4v) is 6.41. The average molecular weight is 488 g/mol. The lowest BCUT2D eigenvalue weighted by Crippen LogP contribution is -2.37. The van der Waals surface area contributed by atoms with Gasteiger partial charge in [-0.3, -0.25) is 10.1 Å². The van der Waals surface area contributed by atoms with Gasteiger partial charge in [0.25, 0.3) is 25.7 Å². The van der Waals surface area contributed by atoms with E-state index in [-0.39, 0.29) is 19.6 Å². The summed E-state index contributed by atoms with van der Waals surface area (Å²) >= 11 is 11.4. The molecule has 0 saturated carbocycles. The number of nitro benzene ring substituents is 1. The van der Waals surface area contributed by atoms with E-state index < -0.39 is 40.4 Å². The molecular weight excluding hydrogens is 477 g/mol. The maximum Gasteiger partial charge on any atom is 0.289 e. The number of rotatable bonds is 6. The molecule has 0 saturated heterocycles. The van der Waals surface area contributed by atoms with Crippen molar-refractivity contribution in [1.82, 2.24) is 4.98 Å². The molecule has 3 rings (SSSR count). The van der Waals surface area contributed by atoms with Gasteiger partial charge in [-0.1, -0.05) is 41.4 Å². The zero-order valence-corrected chi connectivity index (χ0v) is 17.9. The third-order valence-corrected chi connectivity index (χ3v) is 8.52. The fourth-order valence-electron chi connectivity index (χ4n) is 2.46. The number of nitro groups is 1. The van der Waals surface area contributed by atoms with E-state index in [0.29, 0.717) is 6.07 Å². The smallest absolute Gasteiger partial charge is 0.258 e. The van der Waals surface area contributed by atoms with Crippen LogP contribution >= 0.6 is 23.2 Å². The molecular formula is C17H11Cl2N3O6S2. The van der Waals surface area contributed by atoms with Crippen molar-refractivity contribution in [2.45, 2.75) is 9.79 Å². The monoisotopic (exact) mass is 487 g/mol. The molecule has 13 heteroatoms. The molecule has 0 bridgehead atoms. The maximum absolute atomic E-state index is 13.3. The van der Waals surface area contributed by atoms with Crippen LogP contribution in [0.5, 0.6) is 0 Å². The second-order valence-electron chi connectivity index (χ2n) is 5.73. The lowest BCUT2D eigenvalue weighted by Gasteiger charge is -2.24. The minimum Gasteiger partial charge on any atom is -0.258 e. The minimum atomic E-state index is -4.82. The van der Waals surface area contributed by atoms with E-state index in [1.807, 2.05) is 0 Å². The lowest BCUT2D eigenvalue weighted by atomic mass is 10.3. The summed E-state index contributed by atoms with van der Waals surface area (Å²) in [4.78, 5) is 12.9. The summed E-state index contributed by atoms with van der Waals surface area (Å²) < 4.78 is 53.4. The van der Waals surface area contributed by atoms with E-state index in [1.54, 1.807) is 6.07 Å². The second-order valence-corrected chi connectivity index (χ2v) is 10.3. The highest BCUT2D eigenvalue weighted by Gasteiger charge is 2.38. The Morgan fingerprint density at radius 1 is 0.867 bits per heavy atom. The summed E-state index contributed by atoms with van der Waals surface area (Å²) in [7, 11) is -9.52. The largest absolute Gasteiger partial charge is 0.289 e. The standard InChI is InChI=1S/C17H11Cl2N3O6S2/c18-15-8-6-13(10-16(15)21(23)24)29(25,26)22(12-4-2-1-3-5-12)30(27,28)14-7-9-17(19)20-11-14/h1-11H. The Hall–Kier alpha value is -2.73. The number of anilines is 1. The Morgan fingerprint density at radius 2 is 1.47 bits per heavy atom. The zero-order chi connectivity index (χ0) is 22.1. The highest BCUT2D eigenvalue weighted by Crippen LogP contribution is 2.34. The number of para-hydroxylation sites is 1. The topological polar surface area (TPSA) is 128 Å². The number of aromatic nitrogens is 1. The summed E-state index contributed by atoms with van der Waals surface area (Å²) in [6.45, 7) is 0. The van der Waals surface area contributed by atoms with Crippen LogP contribution in [-0.2, 0) is 20.0 Å². The Kier molecular flexibility index (Phi) is 5.99. The molecule has 3 aromatic rings. The molecule has 2 aromatic carbocycles. The van der Waals surface area contributed by atoms with Crippen molar-refractivity contribution in [3.63, 3.8) is 0 Å². The molecule has 1 heterocycles. The molecule has 156 valence electrons. The number of benzene rings is 2. The molecule has 1 aromatic heterocycles. The van der Waals surface area contributed by atoms with Crippen molar-refractivity contribution in [1.29, 1.82) is 0 Å². The second kappa shape index (κ2) is 8.19. The SMILES string of the molecule is O=[N+]([O-])c1cc(S(=O)(=O)N(c2ccccc2)S(=O)(=O)c2ccc(Cl)nc2)ccc1Cl. The van der Waals surface area contributed by atoms with E-state index in [9.17, 15) is 26.9 Å². The van der Waals surface area contributed by atoms with Gasteiger partial charge in [-0.2, -0.15) is 12.1 Å². The Balaban J connectivity index is 2.27. The van der Waals surface area contributed by atoms with Gasteiger partial charge < -0.3 is 0 Å². The van der Waals surface area contributed by atoms with Crippen molar-refractivity contribution in [2.75, 3.05) is 3.71 Å². The van der Waals surface area contributed by atoms with Crippen LogP contribution < -0.4 is 3.71 Å². The molecule has 0 amide bonds. The first kappa shape index (κ1) is 22.0. The third-order valence-electron chi connectivity index (χ3n) is 3.81. The van der Waals surface area contributed by atoms with Gasteiger partial charge in [0.05, 0.1) is 15.5 Å². The van der Waals surface area contributed by atoms with Crippen LogP contribution in [-0.4, -0.2) is 26.7 Å². The Morgan fingerprint density at radius 3 is 2.03 bits per heavy atom. The van der Waals surface area contributed by atoms with Crippen LogP contribution in [0.4, 0.5) is 11.4 Å². The number of nitrogens with zero attached hydrogens (tertiary/aromatic N) is 3. The first-order valence-electron chi connectivity index (χ1n) is 7.96. The third kappa shape index (κ3) is 4.10. The predicted molar refractivity (Wildman–Crippen MR) is 111 cm³/mol. The molecule has 0 spiro atoms.